The number of nitrogens with one attached hydrogen (secondary N) is 2. The number of sulfonamides is 1. The second-order valence-corrected chi connectivity index (χ2v) is 9.09. The maximum Gasteiger partial charge on any atom is 0.417 e. The zero-order valence-electron chi connectivity index (χ0n) is 16.3. The minimum absolute atomic E-state index is 0.0321. The number of halogens is 3. The molecule has 166 valence electrons. The van der Waals surface area contributed by atoms with Crippen LogP contribution in [0.4, 0.5) is 24.5 Å². The number of fused-ring (bicyclic) bond motifs is 1. The molecule has 0 radical (unpaired) electrons. The number of aromatic amines is 1. The van der Waals surface area contributed by atoms with Crippen LogP contribution in [0.2, 0.25) is 0 Å². The first-order valence-electron chi connectivity index (χ1n) is 9.75. The Labute approximate surface area is 175 Å². The molecular weight excluding hydrogens is 435 g/mol. The van der Waals surface area contributed by atoms with Crippen LogP contribution in [0.3, 0.4) is 0 Å². The maximum absolute atomic E-state index is 13.3. The first kappa shape index (κ1) is 21.3. The van der Waals surface area contributed by atoms with Crippen molar-refractivity contribution in [3.05, 3.63) is 52.5 Å². The molecule has 0 aliphatic carbocycles. The van der Waals surface area contributed by atoms with Gasteiger partial charge in [0.25, 0.3) is 10.0 Å². The second-order valence-electron chi connectivity index (χ2n) is 7.41. The Hall–Kier alpha value is -2.95. The normalized spacial score (nSPS) is 15.8. The zero-order valence-corrected chi connectivity index (χ0v) is 17.1. The lowest BCUT2D eigenvalue weighted by molar-refractivity contribution is -0.137. The van der Waals surface area contributed by atoms with Crippen molar-refractivity contribution in [3.63, 3.8) is 0 Å². The van der Waals surface area contributed by atoms with Gasteiger partial charge in [0.1, 0.15) is 0 Å². The van der Waals surface area contributed by atoms with E-state index in [1.165, 1.54) is 18.2 Å². The predicted octanol–water partition coefficient (Wildman–Crippen LogP) is 4.32. The number of rotatable bonds is 4. The van der Waals surface area contributed by atoms with E-state index in [1.807, 2.05) is 4.90 Å². The molecule has 2 aromatic carbocycles. The quantitative estimate of drug-likeness (QED) is 0.611. The molecule has 0 bridgehead atoms. The van der Waals surface area contributed by atoms with Gasteiger partial charge in [-0.1, -0.05) is 12.8 Å². The molecule has 0 saturated carbocycles. The average Bonchev–Trinajstić information content (AvgIpc) is 2.88. The minimum atomic E-state index is -4.62. The van der Waals surface area contributed by atoms with Crippen LogP contribution in [-0.2, 0) is 16.2 Å². The molecule has 3 aromatic rings. The third-order valence-corrected chi connectivity index (χ3v) is 6.58. The van der Waals surface area contributed by atoms with E-state index in [4.69, 9.17) is 4.42 Å². The van der Waals surface area contributed by atoms with Gasteiger partial charge in [-0.05, 0) is 43.2 Å². The van der Waals surface area contributed by atoms with Crippen LogP contribution in [-0.4, -0.2) is 26.5 Å². The van der Waals surface area contributed by atoms with Gasteiger partial charge in [0.15, 0.2) is 5.58 Å². The molecule has 7 nitrogen and oxygen atoms in total. The van der Waals surface area contributed by atoms with Gasteiger partial charge in [-0.2, -0.15) is 13.2 Å². The molecule has 0 amide bonds. The summed E-state index contributed by atoms with van der Waals surface area (Å²) < 4.78 is 73.1. The number of oxazole rings is 1. The van der Waals surface area contributed by atoms with Gasteiger partial charge < -0.3 is 9.32 Å². The average molecular weight is 455 g/mol. The summed E-state index contributed by atoms with van der Waals surface area (Å²) in [6.07, 6.45) is -0.849. The molecule has 0 atom stereocenters. The number of alkyl halides is 3. The van der Waals surface area contributed by atoms with Crippen molar-refractivity contribution in [3.8, 4) is 0 Å². The minimum Gasteiger partial charge on any atom is -0.408 e. The lowest BCUT2D eigenvalue weighted by atomic mass is 10.1. The summed E-state index contributed by atoms with van der Waals surface area (Å²) in [5, 5.41) is 0. The molecule has 2 N–H and O–H groups in total. The third-order valence-electron chi connectivity index (χ3n) is 5.22. The number of nitrogens with zero attached hydrogens (tertiary/aromatic N) is 1. The first-order chi connectivity index (χ1) is 14.6. The number of hydrogen-bond donors (Lipinski definition) is 2. The number of aromatic nitrogens is 1. The summed E-state index contributed by atoms with van der Waals surface area (Å²) in [5.41, 5.74) is -0.353. The molecule has 2 heterocycles. The molecule has 11 heteroatoms. The number of anilines is 2. The standard InChI is InChI=1S/C20H20F3N3O4S/c21-20(22,23)13-5-8-17(26-9-3-1-2-4-10-26)16(11-13)25-31(28,29)14-6-7-15-18(12-14)30-19(27)24-15/h5-8,11-12,25H,1-4,9-10H2,(H,24,27). The van der Waals surface area contributed by atoms with Crippen molar-refractivity contribution in [2.24, 2.45) is 0 Å². The van der Waals surface area contributed by atoms with E-state index in [9.17, 15) is 26.4 Å². The molecule has 0 unspecified atom stereocenters. The van der Waals surface area contributed by atoms with E-state index in [2.05, 4.69) is 9.71 Å². The zero-order chi connectivity index (χ0) is 22.2. The topological polar surface area (TPSA) is 95.4 Å². The number of benzene rings is 2. The van der Waals surface area contributed by atoms with Gasteiger partial charge >= 0.3 is 11.9 Å². The SMILES string of the molecule is O=c1[nH]c2ccc(S(=O)(=O)Nc3cc(C(F)(F)F)ccc3N3CCCCCC3)cc2o1. The number of hydrogen-bond acceptors (Lipinski definition) is 5. The Kier molecular flexibility index (Phi) is 5.46. The monoisotopic (exact) mass is 455 g/mol. The molecule has 1 aliphatic rings. The molecule has 4 rings (SSSR count). The van der Waals surface area contributed by atoms with Gasteiger partial charge in [0.2, 0.25) is 0 Å². The molecular formula is C20H20F3N3O4S. The third kappa shape index (κ3) is 4.55. The van der Waals surface area contributed by atoms with Crippen LogP contribution in [0.25, 0.3) is 11.1 Å². The Morgan fingerprint density at radius 3 is 2.39 bits per heavy atom. The molecule has 31 heavy (non-hydrogen) atoms. The van der Waals surface area contributed by atoms with Gasteiger partial charge in [0, 0.05) is 19.2 Å². The summed E-state index contributed by atoms with van der Waals surface area (Å²) in [7, 11) is -4.25. The lowest BCUT2D eigenvalue weighted by Crippen LogP contribution is -2.26. The molecule has 1 fully saturated rings. The van der Waals surface area contributed by atoms with E-state index in [0.717, 1.165) is 43.9 Å². The fraction of sp³-hybridized carbons (Fsp3) is 0.350. The van der Waals surface area contributed by atoms with E-state index < -0.39 is 27.5 Å². The van der Waals surface area contributed by atoms with Crippen molar-refractivity contribution in [1.29, 1.82) is 0 Å². The van der Waals surface area contributed by atoms with Crippen LogP contribution >= 0.6 is 0 Å². The van der Waals surface area contributed by atoms with Crippen LogP contribution in [0.15, 0.2) is 50.5 Å². The van der Waals surface area contributed by atoms with E-state index in [0.29, 0.717) is 24.3 Å². The highest BCUT2D eigenvalue weighted by molar-refractivity contribution is 7.92. The lowest BCUT2D eigenvalue weighted by Gasteiger charge is -2.26. The Bertz CT molecular complexity index is 1260. The summed E-state index contributed by atoms with van der Waals surface area (Å²) in [6, 6.07) is 6.83. The fourth-order valence-corrected chi connectivity index (χ4v) is 4.76. The van der Waals surface area contributed by atoms with Crippen molar-refractivity contribution in [2.45, 2.75) is 36.8 Å². The molecule has 1 saturated heterocycles. The van der Waals surface area contributed by atoms with Crippen LogP contribution < -0.4 is 15.4 Å². The van der Waals surface area contributed by atoms with E-state index in [1.54, 1.807) is 0 Å². The second kappa shape index (κ2) is 7.95. The van der Waals surface area contributed by atoms with Crippen LogP contribution in [0.1, 0.15) is 31.2 Å². The Balaban J connectivity index is 1.75. The maximum atomic E-state index is 13.3. The highest BCUT2D eigenvalue weighted by Crippen LogP contribution is 2.37. The summed E-state index contributed by atoms with van der Waals surface area (Å²) >= 11 is 0. The van der Waals surface area contributed by atoms with Crippen molar-refractivity contribution >= 4 is 32.5 Å². The molecule has 1 aliphatic heterocycles. The smallest absolute Gasteiger partial charge is 0.408 e. The van der Waals surface area contributed by atoms with Gasteiger partial charge in [-0.15, -0.1) is 0 Å². The van der Waals surface area contributed by atoms with Crippen LogP contribution in [0, 0.1) is 0 Å². The fourth-order valence-electron chi connectivity index (χ4n) is 3.68. The molecule has 1 aromatic heterocycles. The van der Waals surface area contributed by atoms with Crippen molar-refractivity contribution in [1.82, 2.24) is 4.98 Å². The van der Waals surface area contributed by atoms with Crippen molar-refractivity contribution < 1.29 is 26.0 Å². The Morgan fingerprint density at radius 2 is 1.71 bits per heavy atom. The van der Waals surface area contributed by atoms with Gasteiger partial charge in [-0.25, -0.2) is 13.2 Å². The molecule has 0 spiro atoms. The van der Waals surface area contributed by atoms with Crippen LogP contribution in [0.5, 0.6) is 0 Å². The largest absolute Gasteiger partial charge is 0.417 e. The van der Waals surface area contributed by atoms with E-state index in [-0.39, 0.29) is 16.2 Å². The predicted molar refractivity (Wildman–Crippen MR) is 110 cm³/mol. The van der Waals surface area contributed by atoms with E-state index >= 15 is 0 Å². The van der Waals surface area contributed by atoms with Gasteiger partial charge in [-0.3, -0.25) is 9.71 Å². The summed E-state index contributed by atoms with van der Waals surface area (Å²) in [5.74, 6) is -0.737. The first-order valence-corrected chi connectivity index (χ1v) is 11.2. The summed E-state index contributed by atoms with van der Waals surface area (Å²) in [6.45, 7) is 1.25. The highest BCUT2D eigenvalue weighted by atomic mass is 32.2. The van der Waals surface area contributed by atoms with Crippen molar-refractivity contribution in [2.75, 3.05) is 22.7 Å². The summed E-state index contributed by atoms with van der Waals surface area (Å²) in [4.78, 5) is 15.4. The number of H-pyrrole nitrogens is 1. The van der Waals surface area contributed by atoms with Gasteiger partial charge in [0.05, 0.1) is 27.4 Å². The highest BCUT2D eigenvalue weighted by Gasteiger charge is 2.32. The Morgan fingerprint density at radius 1 is 1.00 bits per heavy atom.